The van der Waals surface area contributed by atoms with Crippen molar-refractivity contribution in [3.05, 3.63) is 34.4 Å². The summed E-state index contributed by atoms with van der Waals surface area (Å²) in [6.07, 6.45) is 0. The van der Waals surface area contributed by atoms with E-state index in [0.29, 0.717) is 0 Å². The smallest absolute Gasteiger partial charge is 0.338 e. The fourth-order valence-electron chi connectivity index (χ4n) is 1.27. The first kappa shape index (κ1) is 11.5. The van der Waals surface area contributed by atoms with Gasteiger partial charge in [-0.2, -0.15) is 0 Å². The number of carbonyl (C=O) groups is 1. The van der Waals surface area contributed by atoms with Crippen LogP contribution in [0.4, 0.5) is 8.78 Å². The van der Waals surface area contributed by atoms with Crippen molar-refractivity contribution in [2.24, 2.45) is 11.5 Å². The Morgan fingerprint density at radius 1 is 1.27 bits per heavy atom. The van der Waals surface area contributed by atoms with Gasteiger partial charge in [-0.15, -0.1) is 0 Å². The van der Waals surface area contributed by atoms with Gasteiger partial charge in [-0.3, -0.25) is 0 Å². The average molecular weight is 216 g/mol. The first-order valence-corrected chi connectivity index (χ1v) is 4.16. The predicted octanol–water partition coefficient (Wildman–Crippen LogP) is 0.580. The minimum Gasteiger partial charge on any atom is -0.478 e. The SMILES string of the molecule is NCc1cc(C(=O)O)c(F)c(F)c1CN. The second-order valence-electron chi connectivity index (χ2n) is 2.90. The lowest BCUT2D eigenvalue weighted by Gasteiger charge is -2.09. The molecule has 0 aliphatic rings. The van der Waals surface area contributed by atoms with E-state index in [2.05, 4.69) is 0 Å². The van der Waals surface area contributed by atoms with E-state index in [1.165, 1.54) is 0 Å². The topological polar surface area (TPSA) is 89.3 Å². The van der Waals surface area contributed by atoms with Crippen molar-refractivity contribution >= 4 is 5.97 Å². The summed E-state index contributed by atoms with van der Waals surface area (Å²) >= 11 is 0. The fraction of sp³-hybridized carbons (Fsp3) is 0.222. The van der Waals surface area contributed by atoms with Crippen LogP contribution in [0, 0.1) is 11.6 Å². The molecule has 0 aliphatic carbocycles. The molecule has 82 valence electrons. The molecule has 0 fully saturated rings. The summed E-state index contributed by atoms with van der Waals surface area (Å²) in [5.74, 6) is -4.18. The molecule has 0 amide bonds. The molecule has 0 saturated carbocycles. The van der Waals surface area contributed by atoms with Gasteiger partial charge in [0.2, 0.25) is 0 Å². The predicted molar refractivity (Wildman–Crippen MR) is 49.1 cm³/mol. The van der Waals surface area contributed by atoms with Crippen LogP contribution in [0.5, 0.6) is 0 Å². The highest BCUT2D eigenvalue weighted by Gasteiger charge is 2.20. The van der Waals surface area contributed by atoms with Gasteiger partial charge in [-0.1, -0.05) is 0 Å². The molecule has 1 rings (SSSR count). The Labute approximate surface area is 84.5 Å². The number of rotatable bonds is 3. The van der Waals surface area contributed by atoms with Gasteiger partial charge >= 0.3 is 5.97 Å². The van der Waals surface area contributed by atoms with Crippen LogP contribution in [0.1, 0.15) is 21.5 Å². The number of nitrogens with two attached hydrogens (primary N) is 2. The van der Waals surface area contributed by atoms with Crippen molar-refractivity contribution < 1.29 is 18.7 Å². The second kappa shape index (κ2) is 4.33. The summed E-state index contributed by atoms with van der Waals surface area (Å²) in [5, 5.41) is 8.59. The van der Waals surface area contributed by atoms with Crippen molar-refractivity contribution in [3.8, 4) is 0 Å². The Balaban J connectivity index is 3.49. The zero-order chi connectivity index (χ0) is 11.6. The zero-order valence-corrected chi connectivity index (χ0v) is 7.76. The molecular formula is C9H10F2N2O2. The van der Waals surface area contributed by atoms with E-state index >= 15 is 0 Å². The minimum atomic E-state index is -1.54. The maximum Gasteiger partial charge on any atom is 0.338 e. The lowest BCUT2D eigenvalue weighted by Crippen LogP contribution is -2.14. The third-order valence-corrected chi connectivity index (χ3v) is 2.05. The zero-order valence-electron chi connectivity index (χ0n) is 7.76. The van der Waals surface area contributed by atoms with Gasteiger partial charge in [0.15, 0.2) is 11.6 Å². The molecule has 0 aliphatic heterocycles. The third kappa shape index (κ3) is 1.95. The molecule has 0 aromatic heterocycles. The monoisotopic (exact) mass is 216 g/mol. The second-order valence-corrected chi connectivity index (χ2v) is 2.90. The number of aromatic carboxylic acids is 1. The molecule has 0 bridgehead atoms. The van der Waals surface area contributed by atoms with Crippen LogP contribution in [-0.4, -0.2) is 11.1 Å². The summed E-state index contributed by atoms with van der Waals surface area (Å²) < 4.78 is 26.5. The van der Waals surface area contributed by atoms with Crippen LogP contribution < -0.4 is 11.5 Å². The summed E-state index contributed by atoms with van der Waals surface area (Å²) in [6.45, 7) is -0.320. The van der Waals surface area contributed by atoms with Crippen molar-refractivity contribution in [3.63, 3.8) is 0 Å². The quantitative estimate of drug-likeness (QED) is 0.689. The van der Waals surface area contributed by atoms with E-state index in [-0.39, 0.29) is 24.2 Å². The third-order valence-electron chi connectivity index (χ3n) is 2.05. The van der Waals surface area contributed by atoms with Gasteiger partial charge in [-0.05, 0) is 11.6 Å². The molecular weight excluding hydrogens is 206 g/mol. The normalized spacial score (nSPS) is 10.4. The number of benzene rings is 1. The van der Waals surface area contributed by atoms with Crippen LogP contribution in [0.25, 0.3) is 0 Å². The molecule has 1 aromatic carbocycles. The maximum atomic E-state index is 13.3. The van der Waals surface area contributed by atoms with Crippen molar-refractivity contribution in [1.82, 2.24) is 0 Å². The van der Waals surface area contributed by atoms with E-state index < -0.39 is 23.2 Å². The molecule has 0 saturated heterocycles. The lowest BCUT2D eigenvalue weighted by molar-refractivity contribution is 0.0690. The van der Waals surface area contributed by atoms with Crippen LogP contribution in [0.3, 0.4) is 0 Å². The van der Waals surface area contributed by atoms with Gasteiger partial charge in [-0.25, -0.2) is 13.6 Å². The average Bonchev–Trinajstić information content (AvgIpc) is 2.21. The van der Waals surface area contributed by atoms with Crippen LogP contribution in [0.15, 0.2) is 6.07 Å². The molecule has 15 heavy (non-hydrogen) atoms. The van der Waals surface area contributed by atoms with Gasteiger partial charge in [0.25, 0.3) is 0 Å². The van der Waals surface area contributed by atoms with Crippen LogP contribution >= 0.6 is 0 Å². The number of hydrogen-bond donors (Lipinski definition) is 3. The number of carboxylic acids is 1. The Morgan fingerprint density at radius 2 is 1.87 bits per heavy atom. The van der Waals surface area contributed by atoms with Crippen molar-refractivity contribution in [2.75, 3.05) is 0 Å². The van der Waals surface area contributed by atoms with E-state index in [1.807, 2.05) is 0 Å². The van der Waals surface area contributed by atoms with Crippen LogP contribution in [0.2, 0.25) is 0 Å². The standard InChI is InChI=1S/C9H10F2N2O2/c10-7-5(9(14)15)1-4(2-12)6(3-13)8(7)11/h1H,2-3,12-13H2,(H,14,15). The first-order valence-electron chi connectivity index (χ1n) is 4.16. The summed E-state index contributed by atoms with van der Waals surface area (Å²) in [6, 6.07) is 1.00. The highest BCUT2D eigenvalue weighted by atomic mass is 19.2. The molecule has 4 nitrogen and oxygen atoms in total. The molecule has 5 N–H and O–H groups in total. The highest BCUT2D eigenvalue weighted by molar-refractivity contribution is 5.88. The molecule has 0 unspecified atom stereocenters. The lowest BCUT2D eigenvalue weighted by atomic mass is 10.0. The van der Waals surface area contributed by atoms with E-state index in [4.69, 9.17) is 16.6 Å². The van der Waals surface area contributed by atoms with Crippen LogP contribution in [-0.2, 0) is 13.1 Å². The van der Waals surface area contributed by atoms with Gasteiger partial charge < -0.3 is 16.6 Å². The minimum absolute atomic E-state index is 0.0833. The Bertz CT molecular complexity index is 408. The Kier molecular flexibility index (Phi) is 3.33. The summed E-state index contributed by atoms with van der Waals surface area (Å²) in [5.41, 5.74) is 9.88. The van der Waals surface area contributed by atoms with E-state index in [9.17, 15) is 13.6 Å². The van der Waals surface area contributed by atoms with E-state index in [1.54, 1.807) is 0 Å². The molecule has 6 heteroatoms. The summed E-state index contributed by atoms with van der Waals surface area (Å²) in [4.78, 5) is 10.6. The molecule has 0 radical (unpaired) electrons. The number of carboxylic acid groups (broad SMARTS) is 1. The van der Waals surface area contributed by atoms with Gasteiger partial charge in [0.05, 0.1) is 5.56 Å². The fourth-order valence-corrected chi connectivity index (χ4v) is 1.27. The molecule has 0 heterocycles. The summed E-state index contributed by atoms with van der Waals surface area (Å²) in [7, 11) is 0. The highest BCUT2D eigenvalue weighted by Crippen LogP contribution is 2.20. The van der Waals surface area contributed by atoms with Gasteiger partial charge in [0.1, 0.15) is 0 Å². The first-order chi connectivity index (χ1) is 7.02. The largest absolute Gasteiger partial charge is 0.478 e. The maximum absolute atomic E-state index is 13.3. The Hall–Kier alpha value is -1.53. The van der Waals surface area contributed by atoms with Crippen molar-refractivity contribution in [1.29, 1.82) is 0 Å². The molecule has 0 spiro atoms. The number of halogens is 2. The van der Waals surface area contributed by atoms with Gasteiger partial charge in [0, 0.05) is 18.7 Å². The molecule has 0 atom stereocenters. The Morgan fingerprint density at radius 3 is 2.27 bits per heavy atom. The van der Waals surface area contributed by atoms with Crippen molar-refractivity contribution in [2.45, 2.75) is 13.1 Å². The molecule has 1 aromatic rings. The van der Waals surface area contributed by atoms with E-state index in [0.717, 1.165) is 6.07 Å². The number of hydrogen-bond acceptors (Lipinski definition) is 3.